The van der Waals surface area contributed by atoms with E-state index in [-0.39, 0.29) is 11.9 Å². The van der Waals surface area contributed by atoms with Crippen molar-refractivity contribution in [3.8, 4) is 0 Å². The number of hydrogen-bond acceptors (Lipinski definition) is 2. The number of carbonyl (C=O) groups is 1. The first-order valence-corrected chi connectivity index (χ1v) is 4.45. The van der Waals surface area contributed by atoms with Gasteiger partial charge < -0.3 is 4.74 Å². The standard InChI is InChI=1S/C9H14O2/c1-6-5-11-9(10)8-4-2-3-7(6)8/h6-8H,2-5H2,1H3/t6-,7?,8?/m1/s1. The van der Waals surface area contributed by atoms with Gasteiger partial charge in [0.15, 0.2) is 0 Å². The maximum atomic E-state index is 11.2. The van der Waals surface area contributed by atoms with E-state index in [2.05, 4.69) is 6.92 Å². The molecule has 1 saturated heterocycles. The van der Waals surface area contributed by atoms with Crippen molar-refractivity contribution in [2.24, 2.45) is 17.8 Å². The van der Waals surface area contributed by atoms with Crippen molar-refractivity contribution < 1.29 is 9.53 Å². The third-order valence-corrected chi connectivity index (χ3v) is 3.09. The molecule has 0 aromatic heterocycles. The third-order valence-electron chi connectivity index (χ3n) is 3.09. The Bertz CT molecular complexity index is 176. The Morgan fingerprint density at radius 2 is 2.27 bits per heavy atom. The molecule has 2 fully saturated rings. The number of carbonyl (C=O) groups excluding carboxylic acids is 1. The molecule has 0 N–H and O–H groups in total. The summed E-state index contributed by atoms with van der Waals surface area (Å²) in [6, 6.07) is 0. The minimum Gasteiger partial charge on any atom is -0.465 e. The molecule has 0 amide bonds. The van der Waals surface area contributed by atoms with Gasteiger partial charge in [-0.1, -0.05) is 13.3 Å². The van der Waals surface area contributed by atoms with Crippen LogP contribution in [0, 0.1) is 17.8 Å². The molecule has 0 bridgehead atoms. The van der Waals surface area contributed by atoms with Crippen molar-refractivity contribution in [2.75, 3.05) is 6.61 Å². The molecule has 2 aliphatic rings. The second-order valence-electron chi connectivity index (χ2n) is 3.81. The highest BCUT2D eigenvalue weighted by molar-refractivity contribution is 5.73. The molecular weight excluding hydrogens is 140 g/mol. The summed E-state index contributed by atoms with van der Waals surface area (Å²) >= 11 is 0. The minimum atomic E-state index is 0.0607. The monoisotopic (exact) mass is 154 g/mol. The Labute approximate surface area is 66.9 Å². The topological polar surface area (TPSA) is 26.3 Å². The Morgan fingerprint density at radius 3 is 3.00 bits per heavy atom. The summed E-state index contributed by atoms with van der Waals surface area (Å²) in [5.74, 6) is 1.54. The lowest BCUT2D eigenvalue weighted by Gasteiger charge is -2.29. The fourth-order valence-corrected chi connectivity index (χ4v) is 2.41. The third kappa shape index (κ3) is 1.05. The molecule has 2 rings (SSSR count). The van der Waals surface area contributed by atoms with Crippen molar-refractivity contribution in [1.82, 2.24) is 0 Å². The molecule has 0 radical (unpaired) electrons. The molecule has 0 aromatic carbocycles. The van der Waals surface area contributed by atoms with E-state index in [0.717, 1.165) is 6.42 Å². The predicted molar refractivity (Wildman–Crippen MR) is 41.0 cm³/mol. The van der Waals surface area contributed by atoms with Crippen molar-refractivity contribution in [3.05, 3.63) is 0 Å². The maximum Gasteiger partial charge on any atom is 0.309 e. The molecule has 1 heterocycles. The summed E-state index contributed by atoms with van der Waals surface area (Å²) in [7, 11) is 0. The first-order valence-electron chi connectivity index (χ1n) is 4.45. The van der Waals surface area contributed by atoms with Crippen LogP contribution in [0.5, 0.6) is 0 Å². The molecule has 1 aliphatic heterocycles. The van der Waals surface area contributed by atoms with Gasteiger partial charge in [0.25, 0.3) is 0 Å². The quantitative estimate of drug-likeness (QED) is 0.495. The lowest BCUT2D eigenvalue weighted by molar-refractivity contribution is -0.159. The summed E-state index contributed by atoms with van der Waals surface area (Å²) in [6.07, 6.45) is 3.52. The maximum absolute atomic E-state index is 11.2. The Hall–Kier alpha value is -0.530. The minimum absolute atomic E-state index is 0.0607. The van der Waals surface area contributed by atoms with E-state index < -0.39 is 0 Å². The van der Waals surface area contributed by atoms with Gasteiger partial charge in [-0.15, -0.1) is 0 Å². The van der Waals surface area contributed by atoms with E-state index in [4.69, 9.17) is 4.74 Å². The molecule has 0 aromatic rings. The SMILES string of the molecule is C[C@@H]1COC(=O)C2CCCC21. The summed E-state index contributed by atoms with van der Waals surface area (Å²) in [6.45, 7) is 2.84. The lowest BCUT2D eigenvalue weighted by Crippen LogP contribution is -2.34. The Balaban J connectivity index is 2.14. The molecule has 0 spiro atoms. The fourth-order valence-electron chi connectivity index (χ4n) is 2.41. The summed E-state index contributed by atoms with van der Waals surface area (Å²) < 4.78 is 5.07. The van der Waals surface area contributed by atoms with Gasteiger partial charge in [0.1, 0.15) is 0 Å². The fraction of sp³-hybridized carbons (Fsp3) is 0.889. The number of hydrogen-bond donors (Lipinski definition) is 0. The van der Waals surface area contributed by atoms with E-state index in [1.54, 1.807) is 0 Å². The van der Waals surface area contributed by atoms with Crippen molar-refractivity contribution in [1.29, 1.82) is 0 Å². The molecular formula is C9H14O2. The van der Waals surface area contributed by atoms with Gasteiger partial charge in [0, 0.05) is 0 Å². The zero-order valence-corrected chi connectivity index (χ0v) is 6.88. The number of fused-ring (bicyclic) bond motifs is 1. The number of ether oxygens (including phenoxy) is 1. The van der Waals surface area contributed by atoms with Gasteiger partial charge in [-0.2, -0.15) is 0 Å². The Kier molecular flexibility index (Phi) is 1.63. The van der Waals surface area contributed by atoms with E-state index in [0.29, 0.717) is 18.4 Å². The Morgan fingerprint density at radius 1 is 1.45 bits per heavy atom. The van der Waals surface area contributed by atoms with Crippen molar-refractivity contribution in [3.63, 3.8) is 0 Å². The summed E-state index contributed by atoms with van der Waals surface area (Å²) in [5.41, 5.74) is 0. The van der Waals surface area contributed by atoms with Crippen LogP contribution in [0.25, 0.3) is 0 Å². The van der Waals surface area contributed by atoms with Crippen molar-refractivity contribution in [2.45, 2.75) is 26.2 Å². The van der Waals surface area contributed by atoms with Crippen LogP contribution in [0.2, 0.25) is 0 Å². The largest absolute Gasteiger partial charge is 0.465 e. The normalized spacial score (nSPS) is 43.4. The van der Waals surface area contributed by atoms with Crippen molar-refractivity contribution >= 4 is 5.97 Å². The van der Waals surface area contributed by atoms with Crippen LogP contribution in [0.3, 0.4) is 0 Å². The van der Waals surface area contributed by atoms with Crippen LogP contribution in [-0.2, 0) is 9.53 Å². The average Bonchev–Trinajstić information content (AvgIpc) is 2.45. The molecule has 62 valence electrons. The second kappa shape index (κ2) is 2.50. The zero-order chi connectivity index (χ0) is 7.84. The highest BCUT2D eigenvalue weighted by Crippen LogP contribution is 2.40. The van der Waals surface area contributed by atoms with Crippen LogP contribution in [-0.4, -0.2) is 12.6 Å². The van der Waals surface area contributed by atoms with Crippen LogP contribution in [0.4, 0.5) is 0 Å². The van der Waals surface area contributed by atoms with Gasteiger partial charge in [-0.3, -0.25) is 4.79 Å². The predicted octanol–water partition coefficient (Wildman–Crippen LogP) is 1.60. The molecule has 2 heteroatoms. The van der Waals surface area contributed by atoms with Crippen LogP contribution in [0.15, 0.2) is 0 Å². The molecule has 1 aliphatic carbocycles. The zero-order valence-electron chi connectivity index (χ0n) is 6.88. The van der Waals surface area contributed by atoms with Gasteiger partial charge in [0.05, 0.1) is 12.5 Å². The average molecular weight is 154 g/mol. The highest BCUT2D eigenvalue weighted by Gasteiger charge is 2.40. The van der Waals surface area contributed by atoms with Gasteiger partial charge >= 0.3 is 5.97 Å². The lowest BCUT2D eigenvalue weighted by atomic mass is 9.83. The van der Waals surface area contributed by atoms with E-state index in [1.165, 1.54) is 12.8 Å². The van der Waals surface area contributed by atoms with E-state index in [9.17, 15) is 4.79 Å². The first-order chi connectivity index (χ1) is 5.29. The number of esters is 1. The van der Waals surface area contributed by atoms with Gasteiger partial charge in [-0.05, 0) is 24.7 Å². The molecule has 3 atom stereocenters. The highest BCUT2D eigenvalue weighted by atomic mass is 16.5. The number of rotatable bonds is 0. The molecule has 1 saturated carbocycles. The van der Waals surface area contributed by atoms with E-state index in [1.807, 2.05) is 0 Å². The van der Waals surface area contributed by atoms with Gasteiger partial charge in [-0.25, -0.2) is 0 Å². The van der Waals surface area contributed by atoms with Crippen LogP contribution < -0.4 is 0 Å². The molecule has 2 unspecified atom stereocenters. The van der Waals surface area contributed by atoms with Crippen LogP contribution in [0.1, 0.15) is 26.2 Å². The molecule has 11 heavy (non-hydrogen) atoms. The van der Waals surface area contributed by atoms with E-state index >= 15 is 0 Å². The first kappa shape index (κ1) is 7.14. The molecule has 2 nitrogen and oxygen atoms in total. The second-order valence-corrected chi connectivity index (χ2v) is 3.81. The van der Waals surface area contributed by atoms with Gasteiger partial charge in [0.2, 0.25) is 0 Å². The van der Waals surface area contributed by atoms with Crippen LogP contribution >= 0.6 is 0 Å². The number of cyclic esters (lactones) is 1. The summed E-state index contributed by atoms with van der Waals surface area (Å²) in [5, 5.41) is 0. The smallest absolute Gasteiger partial charge is 0.309 e. The summed E-state index contributed by atoms with van der Waals surface area (Å²) in [4.78, 5) is 11.2.